The lowest BCUT2D eigenvalue weighted by molar-refractivity contribution is -0.124. The van der Waals surface area contributed by atoms with Crippen molar-refractivity contribution in [3.05, 3.63) is 29.8 Å². The van der Waals surface area contributed by atoms with Crippen LogP contribution in [0.15, 0.2) is 24.3 Å². The van der Waals surface area contributed by atoms with Gasteiger partial charge in [-0.25, -0.2) is 0 Å². The largest absolute Gasteiger partial charge is 0.497 e. The van der Waals surface area contributed by atoms with Crippen molar-refractivity contribution in [1.29, 1.82) is 0 Å². The molecule has 2 N–H and O–H groups in total. The Morgan fingerprint density at radius 2 is 1.83 bits per heavy atom. The number of methoxy groups -OCH3 is 1. The lowest BCUT2D eigenvalue weighted by atomic mass is 10.0. The van der Waals surface area contributed by atoms with E-state index in [0.717, 1.165) is 6.42 Å². The van der Waals surface area contributed by atoms with Gasteiger partial charge in [-0.05, 0) is 43.5 Å². The Morgan fingerprint density at radius 3 is 2.38 bits per heavy atom. The van der Waals surface area contributed by atoms with Gasteiger partial charge in [0.15, 0.2) is 0 Å². The Hall–Kier alpha value is -2.08. The van der Waals surface area contributed by atoms with Crippen molar-refractivity contribution in [1.82, 2.24) is 10.6 Å². The molecule has 0 spiro atoms. The maximum atomic E-state index is 12.3. The molecule has 24 heavy (non-hydrogen) atoms. The Kier molecular flexibility index (Phi) is 8.86. The van der Waals surface area contributed by atoms with Crippen molar-refractivity contribution in [2.24, 2.45) is 5.92 Å². The molecule has 0 saturated heterocycles. The maximum Gasteiger partial charge on any atom is 0.251 e. The summed E-state index contributed by atoms with van der Waals surface area (Å²) in [5.41, 5.74) is 0.491. The van der Waals surface area contributed by atoms with Crippen LogP contribution in [0.2, 0.25) is 0 Å². The lowest BCUT2D eigenvalue weighted by Crippen LogP contribution is -2.50. The molecule has 0 saturated carbocycles. The zero-order valence-corrected chi connectivity index (χ0v) is 14.9. The first-order chi connectivity index (χ1) is 11.5. The van der Waals surface area contributed by atoms with Crippen LogP contribution in [0.25, 0.3) is 0 Å². The highest BCUT2D eigenvalue weighted by Gasteiger charge is 2.24. The van der Waals surface area contributed by atoms with Gasteiger partial charge in [-0.3, -0.25) is 9.59 Å². The third-order valence-electron chi connectivity index (χ3n) is 3.56. The minimum absolute atomic E-state index is 0.0147. The molecule has 0 heterocycles. The minimum Gasteiger partial charge on any atom is -0.497 e. The molecule has 134 valence electrons. The van der Waals surface area contributed by atoms with Crippen LogP contribution in [-0.2, 0) is 9.53 Å². The van der Waals surface area contributed by atoms with E-state index in [0.29, 0.717) is 31.1 Å². The molecule has 1 aromatic carbocycles. The molecule has 1 aromatic rings. The molecular formula is C18H28N2O4. The number of rotatable bonds is 10. The van der Waals surface area contributed by atoms with E-state index in [1.165, 1.54) is 0 Å². The second-order valence-corrected chi connectivity index (χ2v) is 5.77. The number of ether oxygens (including phenoxy) is 2. The van der Waals surface area contributed by atoms with Gasteiger partial charge < -0.3 is 20.1 Å². The third kappa shape index (κ3) is 6.58. The summed E-state index contributed by atoms with van der Waals surface area (Å²) in [5.74, 6) is 0.210. The van der Waals surface area contributed by atoms with Crippen LogP contribution in [0.3, 0.4) is 0 Å². The molecule has 0 aliphatic heterocycles. The summed E-state index contributed by atoms with van der Waals surface area (Å²) in [4.78, 5) is 24.6. The van der Waals surface area contributed by atoms with Crippen molar-refractivity contribution in [2.45, 2.75) is 33.2 Å². The summed E-state index contributed by atoms with van der Waals surface area (Å²) in [5, 5.41) is 5.64. The molecule has 0 fully saturated rings. The first kappa shape index (κ1) is 20.0. The second-order valence-electron chi connectivity index (χ2n) is 5.77. The van der Waals surface area contributed by atoms with Gasteiger partial charge in [0.05, 0.1) is 7.11 Å². The van der Waals surface area contributed by atoms with Crippen molar-refractivity contribution in [3.8, 4) is 5.75 Å². The lowest BCUT2D eigenvalue weighted by Gasteiger charge is -2.21. The molecule has 0 radical (unpaired) electrons. The van der Waals surface area contributed by atoms with E-state index in [-0.39, 0.29) is 17.7 Å². The average Bonchev–Trinajstić information content (AvgIpc) is 2.58. The van der Waals surface area contributed by atoms with E-state index in [1.807, 2.05) is 20.8 Å². The molecule has 2 amide bonds. The maximum absolute atomic E-state index is 12.3. The van der Waals surface area contributed by atoms with E-state index >= 15 is 0 Å². The van der Waals surface area contributed by atoms with Crippen LogP contribution < -0.4 is 15.4 Å². The smallest absolute Gasteiger partial charge is 0.251 e. The zero-order chi connectivity index (χ0) is 17.9. The standard InChI is InChI=1S/C18H28N2O4/c1-5-24-12-6-11-19-18(22)16(13(2)3)20-17(21)14-7-9-15(23-4)10-8-14/h7-10,13,16H,5-6,11-12H2,1-4H3,(H,19,22)(H,20,21). The Morgan fingerprint density at radius 1 is 1.17 bits per heavy atom. The SMILES string of the molecule is CCOCCCNC(=O)C(NC(=O)c1ccc(OC)cc1)C(C)C. The molecule has 0 aromatic heterocycles. The number of carbonyl (C=O) groups excluding carboxylic acids is 2. The van der Waals surface area contributed by atoms with Crippen LogP contribution in [0.4, 0.5) is 0 Å². The van der Waals surface area contributed by atoms with E-state index in [1.54, 1.807) is 31.4 Å². The summed E-state index contributed by atoms with van der Waals surface area (Å²) in [6.07, 6.45) is 0.747. The predicted octanol–water partition coefficient (Wildman–Crippen LogP) is 1.99. The Labute approximate surface area is 143 Å². The number of benzene rings is 1. The highest BCUT2D eigenvalue weighted by Crippen LogP contribution is 2.12. The molecule has 6 heteroatoms. The molecule has 0 bridgehead atoms. The van der Waals surface area contributed by atoms with E-state index in [2.05, 4.69) is 10.6 Å². The van der Waals surface area contributed by atoms with Gasteiger partial charge in [-0.2, -0.15) is 0 Å². The number of nitrogens with one attached hydrogen (secondary N) is 2. The molecule has 1 atom stereocenters. The van der Waals surface area contributed by atoms with Crippen molar-refractivity contribution in [3.63, 3.8) is 0 Å². The molecule has 0 aliphatic carbocycles. The zero-order valence-electron chi connectivity index (χ0n) is 14.9. The van der Waals surface area contributed by atoms with E-state index in [4.69, 9.17) is 9.47 Å². The van der Waals surface area contributed by atoms with Gasteiger partial charge in [-0.1, -0.05) is 13.8 Å². The summed E-state index contributed by atoms with van der Waals surface area (Å²) in [7, 11) is 1.57. The average molecular weight is 336 g/mol. The Balaban J connectivity index is 2.57. The fraction of sp³-hybridized carbons (Fsp3) is 0.556. The Bertz CT molecular complexity index is 514. The van der Waals surface area contributed by atoms with E-state index < -0.39 is 6.04 Å². The molecule has 1 unspecified atom stereocenters. The monoisotopic (exact) mass is 336 g/mol. The second kappa shape index (κ2) is 10.6. The highest BCUT2D eigenvalue weighted by molar-refractivity contribution is 5.97. The first-order valence-corrected chi connectivity index (χ1v) is 8.30. The molecule has 1 rings (SSSR count). The van der Waals surface area contributed by atoms with Crippen molar-refractivity contribution in [2.75, 3.05) is 26.9 Å². The molecule has 6 nitrogen and oxygen atoms in total. The van der Waals surface area contributed by atoms with Crippen molar-refractivity contribution >= 4 is 11.8 Å². The van der Waals surface area contributed by atoms with E-state index in [9.17, 15) is 9.59 Å². The van der Waals surface area contributed by atoms with Crippen LogP contribution in [0.1, 0.15) is 37.6 Å². The molecule has 0 aliphatic rings. The minimum atomic E-state index is -0.577. The number of amides is 2. The number of carbonyl (C=O) groups is 2. The van der Waals surface area contributed by atoms with Crippen LogP contribution in [0.5, 0.6) is 5.75 Å². The number of hydrogen-bond donors (Lipinski definition) is 2. The predicted molar refractivity (Wildman–Crippen MR) is 93.2 cm³/mol. The van der Waals surface area contributed by atoms with Gasteiger partial charge in [0, 0.05) is 25.3 Å². The summed E-state index contributed by atoms with van der Waals surface area (Å²) in [6, 6.07) is 6.20. The van der Waals surface area contributed by atoms with Crippen LogP contribution >= 0.6 is 0 Å². The number of hydrogen-bond acceptors (Lipinski definition) is 4. The fourth-order valence-corrected chi connectivity index (χ4v) is 2.14. The topological polar surface area (TPSA) is 76.7 Å². The van der Waals surface area contributed by atoms with Crippen LogP contribution in [-0.4, -0.2) is 44.7 Å². The fourth-order valence-electron chi connectivity index (χ4n) is 2.14. The van der Waals surface area contributed by atoms with Gasteiger partial charge in [-0.15, -0.1) is 0 Å². The van der Waals surface area contributed by atoms with Gasteiger partial charge in [0.1, 0.15) is 11.8 Å². The summed E-state index contributed by atoms with van der Waals surface area (Å²) >= 11 is 0. The van der Waals surface area contributed by atoms with Crippen molar-refractivity contribution < 1.29 is 19.1 Å². The van der Waals surface area contributed by atoms with Gasteiger partial charge in [0.2, 0.25) is 5.91 Å². The first-order valence-electron chi connectivity index (χ1n) is 8.30. The van der Waals surface area contributed by atoms with Gasteiger partial charge >= 0.3 is 0 Å². The molecular weight excluding hydrogens is 308 g/mol. The normalized spacial score (nSPS) is 11.9. The third-order valence-corrected chi connectivity index (χ3v) is 3.56. The highest BCUT2D eigenvalue weighted by atomic mass is 16.5. The summed E-state index contributed by atoms with van der Waals surface area (Å²) in [6.45, 7) is 7.54. The van der Waals surface area contributed by atoms with Crippen LogP contribution in [0, 0.1) is 5.92 Å². The quantitative estimate of drug-likeness (QED) is 0.641. The summed E-state index contributed by atoms with van der Waals surface area (Å²) < 4.78 is 10.3. The van der Waals surface area contributed by atoms with Gasteiger partial charge in [0.25, 0.3) is 5.91 Å².